The van der Waals surface area contributed by atoms with Gasteiger partial charge < -0.3 is 15.2 Å². The highest BCUT2D eigenvalue weighted by atomic mass is 16.5. The molecule has 0 saturated heterocycles. The maximum Gasteiger partial charge on any atom is 0.335 e. The number of aryl methyl sites for hydroxylation is 2. The lowest BCUT2D eigenvalue weighted by molar-refractivity contribution is -0.118. The highest BCUT2D eigenvalue weighted by Crippen LogP contribution is 2.33. The van der Waals surface area contributed by atoms with Crippen LogP contribution in [0.4, 0.5) is 5.69 Å². The number of carbonyl (C=O) groups excluding carboxylic acids is 1. The Morgan fingerprint density at radius 1 is 1.12 bits per heavy atom. The number of amides is 1. The summed E-state index contributed by atoms with van der Waals surface area (Å²) in [5, 5.41) is 11.9. The van der Waals surface area contributed by atoms with Crippen LogP contribution in [0.1, 0.15) is 32.6 Å². The fourth-order valence-electron chi connectivity index (χ4n) is 2.73. The first kappa shape index (κ1) is 15.8. The minimum atomic E-state index is -0.927. The summed E-state index contributed by atoms with van der Waals surface area (Å²) in [6.45, 7) is 3.74. The number of anilines is 1. The van der Waals surface area contributed by atoms with E-state index < -0.39 is 5.97 Å². The number of carboxylic acid groups (broad SMARTS) is 1. The lowest BCUT2D eigenvalue weighted by Gasteiger charge is -2.20. The fraction of sp³-hybridized carbons (Fsp3) is 0.158. The Bertz CT molecular complexity index is 868. The molecule has 0 aliphatic carbocycles. The molecule has 0 unspecified atom stereocenters. The van der Waals surface area contributed by atoms with Crippen molar-refractivity contribution >= 4 is 29.7 Å². The maximum absolute atomic E-state index is 11.5. The smallest absolute Gasteiger partial charge is 0.335 e. The number of hydrogen-bond donors (Lipinski definition) is 2. The van der Waals surface area contributed by atoms with Crippen LogP contribution in [0.15, 0.2) is 30.3 Å². The monoisotopic (exact) mass is 323 g/mol. The molecule has 0 atom stereocenters. The Labute approximate surface area is 139 Å². The first-order valence-corrected chi connectivity index (χ1v) is 7.53. The van der Waals surface area contributed by atoms with Gasteiger partial charge in [-0.25, -0.2) is 4.79 Å². The molecule has 2 aromatic carbocycles. The molecule has 0 spiro atoms. The van der Waals surface area contributed by atoms with Gasteiger partial charge in [-0.2, -0.15) is 0 Å². The van der Waals surface area contributed by atoms with Gasteiger partial charge in [0.25, 0.3) is 5.91 Å². The summed E-state index contributed by atoms with van der Waals surface area (Å²) in [5.74, 6) is -0.389. The molecule has 1 amide bonds. The summed E-state index contributed by atoms with van der Waals surface area (Å²) < 4.78 is 5.44. The molecule has 122 valence electrons. The predicted octanol–water partition coefficient (Wildman–Crippen LogP) is 3.50. The zero-order chi connectivity index (χ0) is 17.3. The fourth-order valence-corrected chi connectivity index (χ4v) is 2.73. The molecular weight excluding hydrogens is 306 g/mol. The molecule has 2 aromatic rings. The Hall–Kier alpha value is -3.08. The van der Waals surface area contributed by atoms with Crippen molar-refractivity contribution in [2.24, 2.45) is 0 Å². The van der Waals surface area contributed by atoms with Gasteiger partial charge in [0, 0.05) is 0 Å². The second kappa shape index (κ2) is 6.20. The lowest BCUT2D eigenvalue weighted by Crippen LogP contribution is -2.25. The van der Waals surface area contributed by atoms with Crippen LogP contribution in [0.3, 0.4) is 0 Å². The SMILES string of the molecule is Cc1cc(C=Cc2cc(C)c3c(c2)NC(=O)CO3)ccc1C(=O)O. The Balaban J connectivity index is 1.88. The van der Waals surface area contributed by atoms with Crippen LogP contribution in [0, 0.1) is 13.8 Å². The van der Waals surface area contributed by atoms with Gasteiger partial charge in [-0.3, -0.25) is 4.79 Å². The number of rotatable bonds is 3. The minimum absolute atomic E-state index is 0.0399. The van der Waals surface area contributed by atoms with Crippen LogP contribution in [-0.2, 0) is 4.79 Å². The highest BCUT2D eigenvalue weighted by molar-refractivity contribution is 5.96. The molecular formula is C19H17NO4. The third-order valence-electron chi connectivity index (χ3n) is 3.87. The van der Waals surface area contributed by atoms with Crippen molar-refractivity contribution in [1.29, 1.82) is 0 Å². The van der Waals surface area contributed by atoms with Gasteiger partial charge in [0.05, 0.1) is 11.3 Å². The van der Waals surface area contributed by atoms with E-state index in [1.165, 1.54) is 0 Å². The van der Waals surface area contributed by atoms with E-state index in [0.29, 0.717) is 22.6 Å². The third-order valence-corrected chi connectivity index (χ3v) is 3.87. The van der Waals surface area contributed by atoms with Gasteiger partial charge >= 0.3 is 5.97 Å². The average Bonchev–Trinajstić information content (AvgIpc) is 2.52. The van der Waals surface area contributed by atoms with Gasteiger partial charge in [0.1, 0.15) is 5.75 Å². The second-order valence-corrected chi connectivity index (χ2v) is 5.76. The highest BCUT2D eigenvalue weighted by Gasteiger charge is 2.18. The zero-order valence-corrected chi connectivity index (χ0v) is 13.4. The summed E-state index contributed by atoms with van der Waals surface area (Å²) >= 11 is 0. The maximum atomic E-state index is 11.5. The molecule has 24 heavy (non-hydrogen) atoms. The average molecular weight is 323 g/mol. The molecule has 0 saturated carbocycles. The van der Waals surface area contributed by atoms with E-state index in [4.69, 9.17) is 9.84 Å². The summed E-state index contributed by atoms with van der Waals surface area (Å²) in [5.41, 5.74) is 4.47. The largest absolute Gasteiger partial charge is 0.481 e. The third kappa shape index (κ3) is 3.15. The zero-order valence-electron chi connectivity index (χ0n) is 13.4. The summed E-state index contributed by atoms with van der Waals surface area (Å²) in [6.07, 6.45) is 3.83. The first-order chi connectivity index (χ1) is 11.4. The number of ether oxygens (including phenoxy) is 1. The van der Waals surface area contributed by atoms with E-state index in [9.17, 15) is 9.59 Å². The minimum Gasteiger partial charge on any atom is -0.481 e. The standard InChI is InChI=1S/C19H17NO4/c1-11-7-13(5-6-15(11)19(22)23)3-4-14-8-12(2)18-16(9-14)20-17(21)10-24-18/h3-9H,10H2,1-2H3,(H,20,21)(H,22,23). The van der Waals surface area contributed by atoms with Gasteiger partial charge in [-0.15, -0.1) is 0 Å². The lowest BCUT2D eigenvalue weighted by atomic mass is 10.0. The molecule has 0 fully saturated rings. The number of benzene rings is 2. The quantitative estimate of drug-likeness (QED) is 0.848. The topological polar surface area (TPSA) is 75.6 Å². The van der Waals surface area contributed by atoms with Crippen molar-refractivity contribution in [1.82, 2.24) is 0 Å². The van der Waals surface area contributed by atoms with Gasteiger partial charge in [-0.05, 0) is 54.3 Å². The molecule has 1 aliphatic heterocycles. The molecule has 0 bridgehead atoms. The molecule has 1 heterocycles. The normalized spacial score (nSPS) is 13.3. The molecule has 2 N–H and O–H groups in total. The van der Waals surface area contributed by atoms with Crippen LogP contribution < -0.4 is 10.1 Å². The summed E-state index contributed by atoms with van der Waals surface area (Å²) in [4.78, 5) is 22.5. The molecule has 0 aromatic heterocycles. The number of carboxylic acids is 1. The van der Waals surface area contributed by atoms with E-state index in [1.54, 1.807) is 19.1 Å². The number of aromatic carboxylic acids is 1. The Morgan fingerprint density at radius 2 is 1.83 bits per heavy atom. The number of nitrogens with one attached hydrogen (secondary N) is 1. The van der Waals surface area contributed by atoms with Crippen molar-refractivity contribution in [2.45, 2.75) is 13.8 Å². The van der Waals surface area contributed by atoms with E-state index >= 15 is 0 Å². The Kier molecular flexibility index (Phi) is 4.08. The van der Waals surface area contributed by atoms with Crippen molar-refractivity contribution < 1.29 is 19.4 Å². The molecule has 1 aliphatic rings. The van der Waals surface area contributed by atoms with Crippen LogP contribution in [0.2, 0.25) is 0 Å². The second-order valence-electron chi connectivity index (χ2n) is 5.76. The van der Waals surface area contributed by atoms with Crippen LogP contribution in [0.25, 0.3) is 12.2 Å². The molecule has 5 heteroatoms. The van der Waals surface area contributed by atoms with E-state index in [0.717, 1.165) is 16.7 Å². The number of hydrogen-bond acceptors (Lipinski definition) is 3. The summed E-state index contributed by atoms with van der Waals surface area (Å²) in [6, 6.07) is 9.03. The van der Waals surface area contributed by atoms with E-state index in [2.05, 4.69) is 5.32 Å². The van der Waals surface area contributed by atoms with Crippen molar-refractivity contribution in [3.05, 3.63) is 58.1 Å². The van der Waals surface area contributed by atoms with Crippen LogP contribution in [0.5, 0.6) is 5.75 Å². The van der Waals surface area contributed by atoms with Gasteiger partial charge in [0.15, 0.2) is 6.61 Å². The van der Waals surface area contributed by atoms with Crippen molar-refractivity contribution in [3.8, 4) is 5.75 Å². The van der Waals surface area contributed by atoms with E-state index in [-0.39, 0.29) is 12.5 Å². The number of carbonyl (C=O) groups is 2. The van der Waals surface area contributed by atoms with E-state index in [1.807, 2.05) is 37.3 Å². The van der Waals surface area contributed by atoms with Crippen LogP contribution in [-0.4, -0.2) is 23.6 Å². The first-order valence-electron chi connectivity index (χ1n) is 7.53. The Morgan fingerprint density at radius 3 is 2.54 bits per heavy atom. The summed E-state index contributed by atoms with van der Waals surface area (Å²) in [7, 11) is 0. The van der Waals surface area contributed by atoms with Crippen LogP contribution >= 0.6 is 0 Å². The van der Waals surface area contributed by atoms with Crippen molar-refractivity contribution in [2.75, 3.05) is 11.9 Å². The predicted molar refractivity (Wildman–Crippen MR) is 92.4 cm³/mol. The molecule has 5 nitrogen and oxygen atoms in total. The number of fused-ring (bicyclic) bond motifs is 1. The van der Waals surface area contributed by atoms with Crippen molar-refractivity contribution in [3.63, 3.8) is 0 Å². The molecule has 3 rings (SSSR count). The van der Waals surface area contributed by atoms with Gasteiger partial charge in [-0.1, -0.05) is 24.3 Å². The molecule has 0 radical (unpaired) electrons. The van der Waals surface area contributed by atoms with Gasteiger partial charge in [0.2, 0.25) is 0 Å².